The topological polar surface area (TPSA) is 59.1 Å². The predicted molar refractivity (Wildman–Crippen MR) is 127 cm³/mol. The quantitative estimate of drug-likeness (QED) is 0.563. The fourth-order valence-corrected chi connectivity index (χ4v) is 5.51. The number of ether oxygens (including phenoxy) is 2. The van der Waals surface area contributed by atoms with Crippen LogP contribution in [0.5, 0.6) is 11.5 Å². The van der Waals surface area contributed by atoms with Gasteiger partial charge in [-0.15, -0.1) is 11.3 Å². The van der Waals surface area contributed by atoms with Crippen molar-refractivity contribution in [2.45, 2.75) is 26.3 Å². The summed E-state index contributed by atoms with van der Waals surface area (Å²) in [6.45, 7) is 5.24. The van der Waals surface area contributed by atoms with E-state index in [2.05, 4.69) is 30.5 Å². The van der Waals surface area contributed by atoms with Crippen LogP contribution in [-0.4, -0.2) is 48.0 Å². The van der Waals surface area contributed by atoms with E-state index < -0.39 is 0 Å². The highest BCUT2D eigenvalue weighted by Crippen LogP contribution is 2.39. The molecule has 7 heteroatoms. The lowest BCUT2D eigenvalue weighted by Crippen LogP contribution is -2.46. The van der Waals surface area contributed by atoms with E-state index >= 15 is 0 Å². The summed E-state index contributed by atoms with van der Waals surface area (Å²) in [4.78, 5) is 31.7. The maximum Gasteiger partial charge on any atom is 0.254 e. The molecule has 2 aliphatic rings. The number of amides is 2. The summed E-state index contributed by atoms with van der Waals surface area (Å²) in [7, 11) is 0. The van der Waals surface area contributed by atoms with Gasteiger partial charge in [0, 0.05) is 23.5 Å². The van der Waals surface area contributed by atoms with E-state index in [1.54, 1.807) is 34.4 Å². The Hall–Kier alpha value is -3.32. The van der Waals surface area contributed by atoms with Crippen molar-refractivity contribution in [2.24, 2.45) is 0 Å². The zero-order valence-electron chi connectivity index (χ0n) is 18.7. The standard InChI is InChI=1S/C26H26N2O4S/c1-3-27(26(30)18-8-9-21-22(14-18)32-16-31-21)15-24(29)28-12-10-23-20(11-13-33-23)25(28)19-7-5-4-6-17(19)2/h4-9,11,13-14,25H,3,10,12,15-16H2,1-2H3. The fraction of sp³-hybridized carbons (Fsp3) is 0.308. The first-order chi connectivity index (χ1) is 16.1. The van der Waals surface area contributed by atoms with E-state index in [0.717, 1.165) is 17.5 Å². The van der Waals surface area contributed by atoms with E-state index in [1.807, 2.05) is 24.0 Å². The molecule has 5 rings (SSSR count). The number of likely N-dealkylation sites (N-methyl/N-ethyl adjacent to an activating group) is 1. The van der Waals surface area contributed by atoms with Crippen LogP contribution < -0.4 is 9.47 Å². The second kappa shape index (κ2) is 8.90. The molecule has 0 fully saturated rings. The van der Waals surface area contributed by atoms with Crippen molar-refractivity contribution in [3.63, 3.8) is 0 Å². The first-order valence-electron chi connectivity index (χ1n) is 11.2. The lowest BCUT2D eigenvalue weighted by molar-refractivity contribution is -0.134. The van der Waals surface area contributed by atoms with Crippen molar-refractivity contribution in [3.05, 3.63) is 81.0 Å². The Labute approximate surface area is 197 Å². The molecule has 33 heavy (non-hydrogen) atoms. The second-order valence-electron chi connectivity index (χ2n) is 8.28. The van der Waals surface area contributed by atoms with Crippen LogP contribution in [0.25, 0.3) is 0 Å². The van der Waals surface area contributed by atoms with Crippen LogP contribution in [0.2, 0.25) is 0 Å². The van der Waals surface area contributed by atoms with E-state index in [9.17, 15) is 9.59 Å². The van der Waals surface area contributed by atoms with Gasteiger partial charge in [-0.1, -0.05) is 24.3 Å². The number of thiophene rings is 1. The van der Waals surface area contributed by atoms with Crippen molar-refractivity contribution < 1.29 is 19.1 Å². The number of benzene rings is 2. The van der Waals surface area contributed by atoms with E-state index in [1.165, 1.54) is 10.4 Å². The SMILES string of the molecule is CCN(CC(=O)N1CCc2sccc2C1c1ccccc1C)C(=O)c1ccc2c(c1)OCO2. The molecule has 170 valence electrons. The van der Waals surface area contributed by atoms with Gasteiger partial charge in [0.1, 0.15) is 6.54 Å². The molecule has 0 saturated carbocycles. The van der Waals surface area contributed by atoms with Gasteiger partial charge in [-0.25, -0.2) is 0 Å². The average Bonchev–Trinajstić information content (AvgIpc) is 3.50. The lowest BCUT2D eigenvalue weighted by atomic mass is 9.90. The molecule has 0 N–H and O–H groups in total. The number of hydrogen-bond donors (Lipinski definition) is 0. The minimum absolute atomic E-state index is 0.0334. The van der Waals surface area contributed by atoms with Gasteiger partial charge in [0.15, 0.2) is 11.5 Å². The smallest absolute Gasteiger partial charge is 0.254 e. The van der Waals surface area contributed by atoms with Gasteiger partial charge in [-0.2, -0.15) is 0 Å². The Kier molecular flexibility index (Phi) is 5.81. The molecule has 2 aliphatic heterocycles. The number of rotatable bonds is 5. The van der Waals surface area contributed by atoms with Gasteiger partial charge in [0.25, 0.3) is 5.91 Å². The second-order valence-corrected chi connectivity index (χ2v) is 9.28. The maximum atomic E-state index is 13.6. The molecule has 2 aromatic carbocycles. The van der Waals surface area contributed by atoms with Crippen LogP contribution >= 0.6 is 11.3 Å². The molecule has 2 amide bonds. The van der Waals surface area contributed by atoms with Crippen LogP contribution in [0.3, 0.4) is 0 Å². The van der Waals surface area contributed by atoms with Gasteiger partial charge >= 0.3 is 0 Å². The molecule has 0 radical (unpaired) electrons. The Bertz CT molecular complexity index is 1200. The molecule has 3 heterocycles. The van der Waals surface area contributed by atoms with Crippen LogP contribution in [0, 0.1) is 6.92 Å². The van der Waals surface area contributed by atoms with E-state index in [4.69, 9.17) is 9.47 Å². The molecule has 6 nitrogen and oxygen atoms in total. The number of carbonyl (C=O) groups excluding carboxylic acids is 2. The van der Waals surface area contributed by atoms with Gasteiger partial charge in [0.05, 0.1) is 6.04 Å². The number of fused-ring (bicyclic) bond motifs is 2. The Balaban J connectivity index is 1.40. The van der Waals surface area contributed by atoms with Crippen molar-refractivity contribution >= 4 is 23.2 Å². The highest BCUT2D eigenvalue weighted by Gasteiger charge is 2.34. The molecule has 3 aromatic rings. The third-order valence-corrected chi connectivity index (χ3v) is 7.38. The molecule has 1 unspecified atom stereocenters. The lowest BCUT2D eigenvalue weighted by Gasteiger charge is -2.38. The normalized spacial score (nSPS) is 16.4. The number of aryl methyl sites for hydroxylation is 1. The molecule has 1 aromatic heterocycles. The monoisotopic (exact) mass is 462 g/mol. The zero-order valence-corrected chi connectivity index (χ0v) is 19.6. The average molecular weight is 463 g/mol. The fourth-order valence-electron chi connectivity index (χ4n) is 4.61. The summed E-state index contributed by atoms with van der Waals surface area (Å²) in [5.41, 5.74) is 3.97. The first kappa shape index (κ1) is 21.5. The summed E-state index contributed by atoms with van der Waals surface area (Å²) < 4.78 is 10.8. The minimum atomic E-state index is -0.190. The Morgan fingerprint density at radius 2 is 1.91 bits per heavy atom. The first-order valence-corrected chi connectivity index (χ1v) is 12.0. The third kappa shape index (κ3) is 3.97. The van der Waals surface area contributed by atoms with Crippen LogP contribution in [0.15, 0.2) is 53.9 Å². The highest BCUT2D eigenvalue weighted by molar-refractivity contribution is 7.10. The van der Waals surface area contributed by atoms with E-state index in [0.29, 0.717) is 30.2 Å². The van der Waals surface area contributed by atoms with Gasteiger partial charge in [-0.3, -0.25) is 9.59 Å². The van der Waals surface area contributed by atoms with Gasteiger partial charge in [-0.05, 0) is 66.6 Å². The van der Waals surface area contributed by atoms with Crippen molar-refractivity contribution in [1.29, 1.82) is 0 Å². The summed E-state index contributed by atoms with van der Waals surface area (Å²) in [6, 6.07) is 15.4. The van der Waals surface area contributed by atoms with Crippen LogP contribution in [0.4, 0.5) is 0 Å². The number of nitrogens with zero attached hydrogens (tertiary/aromatic N) is 2. The van der Waals surface area contributed by atoms with Gasteiger partial charge in [0.2, 0.25) is 12.7 Å². The molecule has 0 aliphatic carbocycles. The Morgan fingerprint density at radius 3 is 2.73 bits per heavy atom. The van der Waals surface area contributed by atoms with Crippen LogP contribution in [-0.2, 0) is 11.2 Å². The summed E-state index contributed by atoms with van der Waals surface area (Å²) in [6.07, 6.45) is 0.837. The molecule has 1 atom stereocenters. The molecule has 0 saturated heterocycles. The van der Waals surface area contributed by atoms with Crippen molar-refractivity contribution in [3.8, 4) is 11.5 Å². The molecule has 0 spiro atoms. The minimum Gasteiger partial charge on any atom is -0.454 e. The Morgan fingerprint density at radius 1 is 1.09 bits per heavy atom. The third-order valence-electron chi connectivity index (χ3n) is 6.38. The number of hydrogen-bond acceptors (Lipinski definition) is 5. The van der Waals surface area contributed by atoms with Crippen LogP contribution in [0.1, 0.15) is 44.9 Å². The summed E-state index contributed by atoms with van der Waals surface area (Å²) >= 11 is 1.75. The highest BCUT2D eigenvalue weighted by atomic mass is 32.1. The van der Waals surface area contributed by atoms with Crippen molar-refractivity contribution in [2.75, 3.05) is 26.4 Å². The maximum absolute atomic E-state index is 13.6. The van der Waals surface area contributed by atoms with Gasteiger partial charge < -0.3 is 19.3 Å². The molecular weight excluding hydrogens is 436 g/mol. The zero-order chi connectivity index (χ0) is 22.9. The molecule has 0 bridgehead atoms. The summed E-state index contributed by atoms with van der Waals surface area (Å²) in [5.74, 6) is 0.955. The summed E-state index contributed by atoms with van der Waals surface area (Å²) in [5, 5.41) is 2.10. The number of carbonyl (C=O) groups is 2. The predicted octanol–water partition coefficient (Wildman–Crippen LogP) is 4.42. The van der Waals surface area contributed by atoms with E-state index in [-0.39, 0.29) is 31.2 Å². The van der Waals surface area contributed by atoms with Crippen molar-refractivity contribution in [1.82, 2.24) is 9.80 Å². The molecular formula is C26H26N2O4S. The largest absolute Gasteiger partial charge is 0.454 e.